The van der Waals surface area contributed by atoms with E-state index in [0.717, 1.165) is 39.9 Å². The molecule has 5 rings (SSSR count). The molecule has 1 aromatic carbocycles. The van der Waals surface area contributed by atoms with E-state index in [0.29, 0.717) is 37.7 Å². The molecule has 2 aliphatic rings. The van der Waals surface area contributed by atoms with Crippen LogP contribution in [0.3, 0.4) is 0 Å². The van der Waals surface area contributed by atoms with Crippen molar-refractivity contribution in [3.05, 3.63) is 53.3 Å². The second kappa shape index (κ2) is 11.1. The molecule has 37 heavy (non-hydrogen) atoms. The third kappa shape index (κ3) is 6.17. The summed E-state index contributed by atoms with van der Waals surface area (Å²) in [6.07, 6.45) is 6.35. The van der Waals surface area contributed by atoms with Gasteiger partial charge in [-0.05, 0) is 43.0 Å². The number of hydrogen-bond acceptors (Lipinski definition) is 6. The van der Waals surface area contributed by atoms with Crippen LogP contribution in [0, 0.1) is 5.82 Å². The molecule has 0 bridgehead atoms. The summed E-state index contributed by atoms with van der Waals surface area (Å²) in [6.45, 7) is 2.08. The van der Waals surface area contributed by atoms with Crippen molar-refractivity contribution in [2.45, 2.75) is 25.3 Å². The normalized spacial score (nSPS) is 15.3. The van der Waals surface area contributed by atoms with Crippen LogP contribution in [-0.2, 0) is 4.74 Å². The Morgan fingerprint density at radius 3 is 2.81 bits per heavy atom. The quantitative estimate of drug-likeness (QED) is 0.361. The molecule has 9 nitrogen and oxygen atoms in total. The number of benzene rings is 1. The minimum absolute atomic E-state index is 0.0580. The van der Waals surface area contributed by atoms with Crippen LogP contribution in [0.2, 0.25) is 0 Å². The lowest BCUT2D eigenvalue weighted by molar-refractivity contribution is 0.182. The highest BCUT2D eigenvalue weighted by Crippen LogP contribution is 2.39. The van der Waals surface area contributed by atoms with E-state index in [2.05, 4.69) is 27.0 Å². The Labute approximate surface area is 217 Å². The lowest BCUT2D eigenvalue weighted by Crippen LogP contribution is -2.43. The maximum absolute atomic E-state index is 14.8. The number of pyridine rings is 1. The minimum atomic E-state index is -0.579. The maximum Gasteiger partial charge on any atom is 0.319 e. The van der Waals surface area contributed by atoms with Crippen LogP contribution in [0.25, 0.3) is 15.8 Å². The fraction of sp³-hybridized carbons (Fsp3) is 0.346. The molecule has 0 radical (unpaired) electrons. The van der Waals surface area contributed by atoms with E-state index >= 15 is 0 Å². The molecule has 0 atom stereocenters. The Morgan fingerprint density at radius 2 is 2.08 bits per heavy atom. The Bertz CT molecular complexity index is 1340. The van der Waals surface area contributed by atoms with E-state index in [1.807, 2.05) is 6.07 Å². The summed E-state index contributed by atoms with van der Waals surface area (Å²) < 4.78 is 26.5. The van der Waals surface area contributed by atoms with E-state index in [9.17, 15) is 14.0 Å². The number of nitrogens with one attached hydrogen (secondary N) is 3. The number of thiophene rings is 1. The van der Waals surface area contributed by atoms with E-state index in [1.165, 1.54) is 23.5 Å². The lowest BCUT2D eigenvalue weighted by atomic mass is 10.1. The smallest absolute Gasteiger partial charge is 0.319 e. The number of rotatable bonds is 8. The highest BCUT2D eigenvalue weighted by molar-refractivity contribution is 7.20. The molecule has 194 valence electrons. The number of ether oxygens (including phenoxy) is 2. The van der Waals surface area contributed by atoms with Crippen molar-refractivity contribution in [1.29, 1.82) is 0 Å². The third-order valence-electron chi connectivity index (χ3n) is 6.09. The number of methoxy groups -OCH3 is 1. The highest BCUT2D eigenvalue weighted by atomic mass is 32.1. The van der Waals surface area contributed by atoms with Gasteiger partial charge in [-0.15, -0.1) is 11.3 Å². The van der Waals surface area contributed by atoms with Crippen molar-refractivity contribution < 1.29 is 23.5 Å². The van der Waals surface area contributed by atoms with Gasteiger partial charge in [0, 0.05) is 61.7 Å². The molecule has 0 spiro atoms. The lowest BCUT2D eigenvalue weighted by Gasteiger charge is -2.26. The molecule has 0 unspecified atom stereocenters. The van der Waals surface area contributed by atoms with Gasteiger partial charge in [-0.1, -0.05) is 6.08 Å². The zero-order chi connectivity index (χ0) is 25.8. The molecule has 4 amide bonds. The van der Waals surface area contributed by atoms with Gasteiger partial charge in [-0.3, -0.25) is 4.98 Å². The standard InChI is InChI=1S/C26H28FN5O4S/c1-35-13-10-29-26(34)32-11-7-16(8-12-32)23-15-20-24(37-23)22(6-9-28-20)36-21-5-4-18(14-19(21)27)31-25(33)30-17-2-3-17/h4-7,9,14-15,17H,2-3,8,10-13H2,1H3,(H,29,34)(H2,30,31,33). The van der Waals surface area contributed by atoms with Crippen LogP contribution in [0.1, 0.15) is 24.1 Å². The predicted molar refractivity (Wildman–Crippen MR) is 141 cm³/mol. The number of hydrogen-bond donors (Lipinski definition) is 3. The predicted octanol–water partition coefficient (Wildman–Crippen LogP) is 4.96. The number of urea groups is 2. The Balaban J connectivity index is 1.26. The molecule has 1 saturated carbocycles. The summed E-state index contributed by atoms with van der Waals surface area (Å²) in [4.78, 5) is 31.4. The first-order valence-corrected chi connectivity index (χ1v) is 13.0. The van der Waals surface area contributed by atoms with Crippen molar-refractivity contribution in [3.8, 4) is 11.5 Å². The number of aromatic nitrogens is 1. The van der Waals surface area contributed by atoms with Crippen LogP contribution in [0.15, 0.2) is 42.6 Å². The highest BCUT2D eigenvalue weighted by Gasteiger charge is 2.23. The SMILES string of the molecule is COCCNC(=O)N1CC=C(c2cc3nccc(Oc4ccc(NC(=O)NC5CC5)cc4F)c3s2)CC1. The van der Waals surface area contributed by atoms with Gasteiger partial charge in [0.1, 0.15) is 5.75 Å². The maximum atomic E-state index is 14.8. The second-order valence-electron chi connectivity index (χ2n) is 8.90. The number of amides is 4. The molecular formula is C26H28FN5O4S. The summed E-state index contributed by atoms with van der Waals surface area (Å²) in [5, 5.41) is 8.29. The van der Waals surface area contributed by atoms with Gasteiger partial charge < -0.3 is 30.3 Å². The van der Waals surface area contributed by atoms with Crippen LogP contribution < -0.4 is 20.7 Å². The van der Waals surface area contributed by atoms with E-state index < -0.39 is 5.82 Å². The van der Waals surface area contributed by atoms with E-state index in [-0.39, 0.29) is 23.9 Å². The Kier molecular flexibility index (Phi) is 7.52. The largest absolute Gasteiger partial charge is 0.453 e. The topological polar surface area (TPSA) is 105 Å². The summed E-state index contributed by atoms with van der Waals surface area (Å²) in [7, 11) is 1.60. The van der Waals surface area contributed by atoms with Crippen LogP contribution >= 0.6 is 11.3 Å². The molecule has 3 N–H and O–H groups in total. The molecule has 1 aliphatic carbocycles. The van der Waals surface area contributed by atoms with Gasteiger partial charge in [0.15, 0.2) is 11.6 Å². The monoisotopic (exact) mass is 525 g/mol. The first-order valence-electron chi connectivity index (χ1n) is 12.1. The molecule has 3 heterocycles. The zero-order valence-electron chi connectivity index (χ0n) is 20.4. The molecule has 11 heteroatoms. The summed E-state index contributed by atoms with van der Waals surface area (Å²) >= 11 is 1.53. The van der Waals surface area contributed by atoms with Crippen LogP contribution in [-0.4, -0.2) is 61.3 Å². The van der Waals surface area contributed by atoms with Crippen LogP contribution in [0.4, 0.5) is 19.7 Å². The zero-order valence-corrected chi connectivity index (χ0v) is 21.2. The second-order valence-corrected chi connectivity index (χ2v) is 9.96. The third-order valence-corrected chi connectivity index (χ3v) is 7.31. The average Bonchev–Trinajstić information content (AvgIpc) is 3.59. The van der Waals surface area contributed by atoms with Crippen molar-refractivity contribution in [1.82, 2.24) is 20.5 Å². The van der Waals surface area contributed by atoms with Crippen molar-refractivity contribution in [3.63, 3.8) is 0 Å². The van der Waals surface area contributed by atoms with Crippen LogP contribution in [0.5, 0.6) is 11.5 Å². The van der Waals surface area contributed by atoms with Gasteiger partial charge in [0.05, 0.1) is 16.8 Å². The summed E-state index contributed by atoms with van der Waals surface area (Å²) in [5.41, 5.74) is 2.25. The Hall–Kier alpha value is -3.70. The first-order chi connectivity index (χ1) is 18.0. The number of halogens is 1. The number of nitrogens with zero attached hydrogens (tertiary/aromatic N) is 2. The van der Waals surface area contributed by atoms with Gasteiger partial charge in [-0.2, -0.15) is 0 Å². The number of fused-ring (bicyclic) bond motifs is 1. The van der Waals surface area contributed by atoms with Crippen molar-refractivity contribution in [2.24, 2.45) is 0 Å². The summed E-state index contributed by atoms with van der Waals surface area (Å²) in [5.74, 6) is -0.0182. The summed E-state index contributed by atoms with van der Waals surface area (Å²) in [6, 6.07) is 7.81. The average molecular weight is 526 g/mol. The number of anilines is 1. The van der Waals surface area contributed by atoms with Gasteiger partial charge in [0.25, 0.3) is 0 Å². The number of carbonyl (C=O) groups is 2. The molecule has 0 saturated heterocycles. The van der Waals surface area contributed by atoms with E-state index in [1.54, 1.807) is 30.3 Å². The van der Waals surface area contributed by atoms with Gasteiger partial charge >= 0.3 is 12.1 Å². The van der Waals surface area contributed by atoms with Gasteiger partial charge in [-0.25, -0.2) is 14.0 Å². The first kappa shape index (κ1) is 25.0. The van der Waals surface area contributed by atoms with E-state index in [4.69, 9.17) is 9.47 Å². The minimum Gasteiger partial charge on any atom is -0.453 e. The molecule has 1 fully saturated rings. The Morgan fingerprint density at radius 1 is 1.22 bits per heavy atom. The molecular weight excluding hydrogens is 497 g/mol. The molecule has 1 aliphatic heterocycles. The molecule has 2 aromatic heterocycles. The fourth-order valence-electron chi connectivity index (χ4n) is 3.96. The molecule has 3 aromatic rings. The van der Waals surface area contributed by atoms with Gasteiger partial charge in [0.2, 0.25) is 0 Å². The van der Waals surface area contributed by atoms with Crippen molar-refractivity contribution in [2.75, 3.05) is 38.7 Å². The number of carbonyl (C=O) groups excluding carboxylic acids is 2. The fourth-order valence-corrected chi connectivity index (χ4v) is 5.10. The van der Waals surface area contributed by atoms with Crippen molar-refractivity contribution >= 4 is 44.9 Å².